The summed E-state index contributed by atoms with van der Waals surface area (Å²) in [5, 5.41) is 0. The summed E-state index contributed by atoms with van der Waals surface area (Å²) in [5.41, 5.74) is 1.69. The minimum absolute atomic E-state index is 0.866. The molecule has 0 aliphatic carbocycles. The summed E-state index contributed by atoms with van der Waals surface area (Å²) in [6.07, 6.45) is 10.3. The van der Waals surface area contributed by atoms with Crippen molar-refractivity contribution in [3.05, 3.63) is 11.6 Å². The van der Waals surface area contributed by atoms with Gasteiger partial charge in [-0.05, 0) is 31.6 Å². The van der Waals surface area contributed by atoms with Crippen molar-refractivity contribution in [2.24, 2.45) is 5.92 Å². The molecule has 0 aromatic heterocycles. The third kappa shape index (κ3) is 5.13. The maximum atomic E-state index is 2.43. The minimum atomic E-state index is 0.866. The fourth-order valence-corrected chi connectivity index (χ4v) is 1.96. The first kappa shape index (κ1) is 12.7. The van der Waals surface area contributed by atoms with Gasteiger partial charge in [0.2, 0.25) is 0 Å². The SMILES string of the molecule is CC/C=C(\CC)C(CC)CCCC. The first-order chi connectivity index (χ1) is 6.29. The third-order valence-electron chi connectivity index (χ3n) is 2.80. The van der Waals surface area contributed by atoms with Crippen LogP contribution in [0.1, 0.15) is 66.2 Å². The maximum Gasteiger partial charge on any atom is -0.0206 e. The minimum Gasteiger partial charge on any atom is -0.0853 e. The Bertz CT molecular complexity index is 133. The van der Waals surface area contributed by atoms with Crippen LogP contribution < -0.4 is 0 Å². The van der Waals surface area contributed by atoms with Crippen molar-refractivity contribution < 1.29 is 0 Å². The van der Waals surface area contributed by atoms with E-state index in [0.717, 1.165) is 5.92 Å². The molecule has 0 aliphatic rings. The van der Waals surface area contributed by atoms with Gasteiger partial charge in [-0.25, -0.2) is 0 Å². The molecule has 0 radical (unpaired) electrons. The second-order valence-corrected chi connectivity index (χ2v) is 3.79. The van der Waals surface area contributed by atoms with Crippen LogP contribution in [0, 0.1) is 5.92 Å². The van der Waals surface area contributed by atoms with Crippen LogP contribution in [0.5, 0.6) is 0 Å². The van der Waals surface area contributed by atoms with Gasteiger partial charge in [-0.2, -0.15) is 0 Å². The van der Waals surface area contributed by atoms with Crippen LogP contribution in [-0.2, 0) is 0 Å². The Morgan fingerprint density at radius 2 is 1.85 bits per heavy atom. The van der Waals surface area contributed by atoms with E-state index in [-0.39, 0.29) is 0 Å². The summed E-state index contributed by atoms with van der Waals surface area (Å²) in [7, 11) is 0. The van der Waals surface area contributed by atoms with Crippen molar-refractivity contribution in [3.63, 3.8) is 0 Å². The summed E-state index contributed by atoms with van der Waals surface area (Å²) < 4.78 is 0. The molecular formula is C13H26. The van der Waals surface area contributed by atoms with Crippen LogP contribution in [-0.4, -0.2) is 0 Å². The molecule has 0 saturated heterocycles. The van der Waals surface area contributed by atoms with E-state index in [4.69, 9.17) is 0 Å². The molecule has 13 heavy (non-hydrogen) atoms. The smallest absolute Gasteiger partial charge is 0.0206 e. The molecule has 0 heteroatoms. The number of hydrogen-bond donors (Lipinski definition) is 0. The molecule has 0 spiro atoms. The predicted molar refractivity (Wildman–Crippen MR) is 62.0 cm³/mol. The van der Waals surface area contributed by atoms with Gasteiger partial charge in [-0.1, -0.05) is 52.2 Å². The zero-order chi connectivity index (χ0) is 10.1. The lowest BCUT2D eigenvalue weighted by atomic mass is 9.89. The van der Waals surface area contributed by atoms with E-state index in [1.165, 1.54) is 38.5 Å². The Morgan fingerprint density at radius 3 is 2.23 bits per heavy atom. The quantitative estimate of drug-likeness (QED) is 0.489. The molecule has 1 atom stereocenters. The van der Waals surface area contributed by atoms with Gasteiger partial charge in [-0.3, -0.25) is 0 Å². The molecule has 0 amide bonds. The second kappa shape index (κ2) is 8.34. The molecule has 0 aromatic rings. The van der Waals surface area contributed by atoms with Gasteiger partial charge in [0.25, 0.3) is 0 Å². The molecule has 0 aromatic carbocycles. The predicted octanol–water partition coefficient (Wildman–Crippen LogP) is 4.95. The molecule has 0 heterocycles. The Morgan fingerprint density at radius 1 is 1.15 bits per heavy atom. The van der Waals surface area contributed by atoms with Gasteiger partial charge in [0, 0.05) is 0 Å². The zero-order valence-electron chi connectivity index (χ0n) is 9.90. The van der Waals surface area contributed by atoms with Crippen LogP contribution in [0.3, 0.4) is 0 Å². The Hall–Kier alpha value is -0.260. The van der Waals surface area contributed by atoms with Crippen LogP contribution >= 0.6 is 0 Å². The Balaban J connectivity index is 4.08. The summed E-state index contributed by atoms with van der Waals surface area (Å²) >= 11 is 0. The molecule has 0 fully saturated rings. The van der Waals surface area contributed by atoms with Crippen molar-refractivity contribution in [1.82, 2.24) is 0 Å². The van der Waals surface area contributed by atoms with Crippen molar-refractivity contribution in [2.75, 3.05) is 0 Å². The van der Waals surface area contributed by atoms with Gasteiger partial charge >= 0.3 is 0 Å². The largest absolute Gasteiger partial charge is 0.0853 e. The lowest BCUT2D eigenvalue weighted by molar-refractivity contribution is 0.502. The lowest BCUT2D eigenvalue weighted by Gasteiger charge is -2.17. The molecule has 0 rings (SSSR count). The second-order valence-electron chi connectivity index (χ2n) is 3.79. The molecule has 0 nitrogen and oxygen atoms in total. The first-order valence-corrected chi connectivity index (χ1v) is 5.98. The Kier molecular flexibility index (Phi) is 8.18. The maximum absolute atomic E-state index is 2.43. The lowest BCUT2D eigenvalue weighted by Crippen LogP contribution is -2.02. The van der Waals surface area contributed by atoms with Gasteiger partial charge in [0.15, 0.2) is 0 Å². The topological polar surface area (TPSA) is 0 Å². The summed E-state index contributed by atoms with van der Waals surface area (Å²) in [6.45, 7) is 9.12. The number of allylic oxidation sites excluding steroid dienone is 2. The van der Waals surface area contributed by atoms with Gasteiger partial charge in [-0.15, -0.1) is 0 Å². The van der Waals surface area contributed by atoms with E-state index in [1.807, 2.05) is 0 Å². The van der Waals surface area contributed by atoms with Crippen LogP contribution in [0.2, 0.25) is 0 Å². The molecular weight excluding hydrogens is 156 g/mol. The van der Waals surface area contributed by atoms with Crippen molar-refractivity contribution >= 4 is 0 Å². The normalized spacial score (nSPS) is 14.6. The van der Waals surface area contributed by atoms with E-state index in [2.05, 4.69) is 33.8 Å². The van der Waals surface area contributed by atoms with Crippen molar-refractivity contribution in [1.29, 1.82) is 0 Å². The van der Waals surface area contributed by atoms with Crippen molar-refractivity contribution in [2.45, 2.75) is 66.2 Å². The zero-order valence-corrected chi connectivity index (χ0v) is 9.90. The fraction of sp³-hybridized carbons (Fsp3) is 0.846. The highest BCUT2D eigenvalue weighted by molar-refractivity contribution is 5.05. The van der Waals surface area contributed by atoms with Crippen LogP contribution in [0.15, 0.2) is 11.6 Å². The highest BCUT2D eigenvalue weighted by Crippen LogP contribution is 2.24. The van der Waals surface area contributed by atoms with E-state index in [9.17, 15) is 0 Å². The van der Waals surface area contributed by atoms with Crippen molar-refractivity contribution in [3.8, 4) is 0 Å². The summed E-state index contributed by atoms with van der Waals surface area (Å²) in [6, 6.07) is 0. The summed E-state index contributed by atoms with van der Waals surface area (Å²) in [4.78, 5) is 0. The van der Waals surface area contributed by atoms with Gasteiger partial charge < -0.3 is 0 Å². The molecule has 78 valence electrons. The Labute approximate surface area is 84.4 Å². The number of hydrogen-bond acceptors (Lipinski definition) is 0. The van der Waals surface area contributed by atoms with E-state index < -0.39 is 0 Å². The van der Waals surface area contributed by atoms with E-state index in [0.29, 0.717) is 0 Å². The molecule has 0 N–H and O–H groups in total. The van der Waals surface area contributed by atoms with Gasteiger partial charge in [0.05, 0.1) is 0 Å². The standard InChI is InChI=1S/C13H26/c1-5-9-11-13(8-4)12(7-3)10-6-2/h10,13H,5-9,11H2,1-4H3/b12-10+. The van der Waals surface area contributed by atoms with Crippen LogP contribution in [0.4, 0.5) is 0 Å². The first-order valence-electron chi connectivity index (χ1n) is 5.98. The molecule has 1 unspecified atom stereocenters. The highest BCUT2D eigenvalue weighted by Gasteiger charge is 2.09. The van der Waals surface area contributed by atoms with E-state index in [1.54, 1.807) is 5.57 Å². The monoisotopic (exact) mass is 182 g/mol. The summed E-state index contributed by atoms with van der Waals surface area (Å²) in [5.74, 6) is 0.866. The molecule has 0 bridgehead atoms. The molecule has 0 saturated carbocycles. The fourth-order valence-electron chi connectivity index (χ4n) is 1.96. The number of unbranched alkanes of at least 4 members (excludes halogenated alkanes) is 1. The molecule has 0 aliphatic heterocycles. The average Bonchev–Trinajstić information content (AvgIpc) is 2.17. The van der Waals surface area contributed by atoms with E-state index >= 15 is 0 Å². The average molecular weight is 182 g/mol. The van der Waals surface area contributed by atoms with Crippen LogP contribution in [0.25, 0.3) is 0 Å². The van der Waals surface area contributed by atoms with Gasteiger partial charge in [0.1, 0.15) is 0 Å². The highest BCUT2D eigenvalue weighted by atomic mass is 14.1. The number of rotatable bonds is 7. The third-order valence-corrected chi connectivity index (χ3v) is 2.80.